The first kappa shape index (κ1) is 28.6. The summed E-state index contributed by atoms with van der Waals surface area (Å²) in [7, 11) is 0. The fraction of sp³-hybridized carbons (Fsp3) is 0.750. The van der Waals surface area contributed by atoms with Crippen LogP contribution < -0.4 is 10.8 Å². The lowest BCUT2D eigenvalue weighted by Crippen LogP contribution is -2.58. The van der Waals surface area contributed by atoms with E-state index in [1.165, 1.54) is 25.7 Å². The number of carbonyl (C=O) groups excluding carboxylic acids is 2. The van der Waals surface area contributed by atoms with Gasteiger partial charge in [-0.15, -0.1) is 0 Å². The highest BCUT2D eigenvalue weighted by atomic mass is 16.5. The van der Waals surface area contributed by atoms with E-state index in [2.05, 4.69) is 26.1 Å². The van der Waals surface area contributed by atoms with Gasteiger partial charge in [-0.2, -0.15) is 0 Å². The van der Waals surface area contributed by atoms with Crippen molar-refractivity contribution in [3.8, 4) is 0 Å². The van der Waals surface area contributed by atoms with Crippen molar-refractivity contribution in [1.82, 2.24) is 10.8 Å². The molecule has 1 aromatic carbocycles. The van der Waals surface area contributed by atoms with Gasteiger partial charge in [-0.3, -0.25) is 14.8 Å². The van der Waals surface area contributed by atoms with Gasteiger partial charge < -0.3 is 15.5 Å². The van der Waals surface area contributed by atoms with Gasteiger partial charge in [-0.1, -0.05) is 32.9 Å². The Morgan fingerprint density at radius 3 is 2.38 bits per heavy atom. The van der Waals surface area contributed by atoms with Crippen molar-refractivity contribution in [3.05, 3.63) is 35.4 Å². The second-order valence-corrected chi connectivity index (χ2v) is 13.9. The summed E-state index contributed by atoms with van der Waals surface area (Å²) in [4.78, 5) is 24.2. The Morgan fingerprint density at radius 1 is 0.974 bits per heavy atom. The SMILES string of the molecule is C[C@H](CCC(=O)NCc1ccc(C(=O)NO)cc1)C1CCC2[C@H]3C(CC[C@@]21C)[C@@]1(C)CC[C@@H](O)C[C@H]1C[C@@H]3O. The molecule has 4 aliphatic rings. The summed E-state index contributed by atoms with van der Waals surface area (Å²) in [5.74, 6) is 2.44. The van der Waals surface area contributed by atoms with Gasteiger partial charge in [0.15, 0.2) is 0 Å². The van der Waals surface area contributed by atoms with Crippen LogP contribution in [0.5, 0.6) is 0 Å². The molecule has 4 saturated carbocycles. The standard InChI is InChI=1S/C32H48N2O5/c1-19(4-11-28(37)33-18-20-5-7-21(8-6-20)30(38)34-39)24-9-10-25-29-26(13-15-32(24,25)3)31(2)14-12-23(35)16-22(31)17-27(29)36/h5-8,19,22-27,29,35-36,39H,4,9-18H2,1-3H3,(H,33,37)(H,34,38)/t19-,22+,23-,24?,25?,26?,27+,29+,31+,32-/m1/s1. The predicted molar refractivity (Wildman–Crippen MR) is 149 cm³/mol. The minimum Gasteiger partial charge on any atom is -0.393 e. The van der Waals surface area contributed by atoms with Crippen molar-refractivity contribution in [1.29, 1.82) is 0 Å². The number of fused-ring (bicyclic) bond motifs is 5. The normalized spacial score (nSPS) is 40.1. The molecule has 0 aliphatic heterocycles. The van der Waals surface area contributed by atoms with Crippen LogP contribution >= 0.6 is 0 Å². The Labute approximate surface area is 233 Å². The zero-order chi connectivity index (χ0) is 27.9. The van der Waals surface area contributed by atoms with Crippen molar-refractivity contribution in [2.75, 3.05) is 0 Å². The van der Waals surface area contributed by atoms with Crippen LogP contribution in [0, 0.1) is 46.3 Å². The Morgan fingerprint density at radius 2 is 1.67 bits per heavy atom. The van der Waals surface area contributed by atoms with E-state index in [-0.39, 0.29) is 28.9 Å². The zero-order valence-corrected chi connectivity index (χ0v) is 23.9. The summed E-state index contributed by atoms with van der Waals surface area (Å²) in [5.41, 5.74) is 3.36. The molecule has 3 unspecified atom stereocenters. The minimum atomic E-state index is -0.555. The highest BCUT2D eigenvalue weighted by molar-refractivity contribution is 5.93. The lowest BCUT2D eigenvalue weighted by molar-refractivity contribution is -0.174. The van der Waals surface area contributed by atoms with E-state index in [9.17, 15) is 19.8 Å². The summed E-state index contributed by atoms with van der Waals surface area (Å²) in [6.45, 7) is 7.67. The second-order valence-electron chi connectivity index (χ2n) is 13.9. The molecular formula is C32H48N2O5. The average Bonchev–Trinajstić information content (AvgIpc) is 3.28. The quantitative estimate of drug-likeness (QED) is 0.251. The monoisotopic (exact) mass is 540 g/mol. The number of carbonyl (C=O) groups is 2. The Bertz CT molecular complexity index is 1050. The van der Waals surface area contributed by atoms with Crippen LogP contribution in [0.15, 0.2) is 24.3 Å². The molecule has 10 atom stereocenters. The first-order valence-electron chi connectivity index (χ1n) is 15.2. The third kappa shape index (κ3) is 5.27. The third-order valence-electron chi connectivity index (χ3n) is 12.0. The van der Waals surface area contributed by atoms with Crippen LogP contribution in [0.1, 0.15) is 101 Å². The van der Waals surface area contributed by atoms with Crippen molar-refractivity contribution >= 4 is 11.8 Å². The minimum absolute atomic E-state index is 0.0450. The Kier molecular flexibility index (Phi) is 8.16. The molecule has 0 aromatic heterocycles. The molecule has 4 fully saturated rings. The number of hydrogen-bond donors (Lipinski definition) is 5. The molecule has 0 bridgehead atoms. The summed E-state index contributed by atoms with van der Waals surface area (Å²) in [6.07, 6.45) is 9.37. The van der Waals surface area contributed by atoms with Crippen molar-refractivity contribution in [2.45, 2.75) is 104 Å². The summed E-state index contributed by atoms with van der Waals surface area (Å²) >= 11 is 0. The molecule has 5 rings (SSSR count). The molecule has 5 N–H and O–H groups in total. The van der Waals surface area contributed by atoms with E-state index in [4.69, 9.17) is 5.21 Å². The molecule has 39 heavy (non-hydrogen) atoms. The number of amides is 2. The summed E-state index contributed by atoms with van der Waals surface area (Å²) in [5, 5.41) is 33.5. The van der Waals surface area contributed by atoms with Crippen LogP contribution in [-0.4, -0.2) is 39.4 Å². The number of hydroxylamine groups is 1. The first-order valence-corrected chi connectivity index (χ1v) is 15.2. The maximum absolute atomic E-state index is 12.7. The molecule has 1 aromatic rings. The van der Waals surface area contributed by atoms with Gasteiger partial charge in [-0.05, 0) is 122 Å². The van der Waals surface area contributed by atoms with Crippen molar-refractivity contribution in [2.24, 2.45) is 46.3 Å². The van der Waals surface area contributed by atoms with Gasteiger partial charge in [-0.25, -0.2) is 5.48 Å². The van der Waals surface area contributed by atoms with E-state index in [1.807, 2.05) is 0 Å². The molecule has 4 aliphatic carbocycles. The lowest BCUT2D eigenvalue weighted by Gasteiger charge is -2.62. The maximum Gasteiger partial charge on any atom is 0.274 e. The maximum atomic E-state index is 12.7. The zero-order valence-electron chi connectivity index (χ0n) is 23.9. The smallest absolute Gasteiger partial charge is 0.274 e. The van der Waals surface area contributed by atoms with E-state index in [0.29, 0.717) is 54.0 Å². The summed E-state index contributed by atoms with van der Waals surface area (Å²) < 4.78 is 0. The highest BCUT2D eigenvalue weighted by Crippen LogP contribution is 2.68. The van der Waals surface area contributed by atoms with Crippen LogP contribution in [0.25, 0.3) is 0 Å². The number of hydrogen-bond acceptors (Lipinski definition) is 5. The largest absolute Gasteiger partial charge is 0.393 e. The summed E-state index contributed by atoms with van der Waals surface area (Å²) in [6, 6.07) is 6.81. The molecule has 7 nitrogen and oxygen atoms in total. The van der Waals surface area contributed by atoms with Gasteiger partial charge in [0.1, 0.15) is 0 Å². The van der Waals surface area contributed by atoms with E-state index in [0.717, 1.165) is 37.7 Å². The van der Waals surface area contributed by atoms with Crippen LogP contribution in [0.3, 0.4) is 0 Å². The highest BCUT2D eigenvalue weighted by Gasteiger charge is 2.62. The van der Waals surface area contributed by atoms with Crippen LogP contribution in [0.4, 0.5) is 0 Å². The number of benzene rings is 1. The van der Waals surface area contributed by atoms with Gasteiger partial charge in [0, 0.05) is 18.5 Å². The third-order valence-corrected chi connectivity index (χ3v) is 12.0. The van der Waals surface area contributed by atoms with E-state index >= 15 is 0 Å². The van der Waals surface area contributed by atoms with Crippen molar-refractivity contribution in [3.63, 3.8) is 0 Å². The van der Waals surface area contributed by atoms with Crippen LogP contribution in [0.2, 0.25) is 0 Å². The lowest BCUT2D eigenvalue weighted by atomic mass is 9.43. The second kappa shape index (κ2) is 11.1. The molecule has 7 heteroatoms. The van der Waals surface area contributed by atoms with E-state index in [1.54, 1.807) is 29.7 Å². The molecule has 0 radical (unpaired) electrons. The van der Waals surface area contributed by atoms with Crippen LogP contribution in [-0.2, 0) is 11.3 Å². The first-order chi connectivity index (χ1) is 18.6. The average molecular weight is 541 g/mol. The van der Waals surface area contributed by atoms with Gasteiger partial charge in [0.25, 0.3) is 5.91 Å². The van der Waals surface area contributed by atoms with Gasteiger partial charge in [0.05, 0.1) is 12.2 Å². The number of nitrogens with one attached hydrogen (secondary N) is 2. The van der Waals surface area contributed by atoms with Gasteiger partial charge in [0.2, 0.25) is 5.91 Å². The molecule has 216 valence electrons. The number of aliphatic hydroxyl groups excluding tert-OH is 2. The molecule has 2 amide bonds. The Hall–Kier alpha value is -1.96. The molecule has 0 saturated heterocycles. The van der Waals surface area contributed by atoms with Gasteiger partial charge >= 0.3 is 0 Å². The molecule has 0 spiro atoms. The van der Waals surface area contributed by atoms with Crippen molar-refractivity contribution < 1.29 is 25.0 Å². The molecule has 0 heterocycles. The Balaban J connectivity index is 1.16. The fourth-order valence-corrected chi connectivity index (χ4v) is 9.86. The predicted octanol–water partition coefficient (Wildman–Crippen LogP) is 4.83. The molecular weight excluding hydrogens is 492 g/mol. The topological polar surface area (TPSA) is 119 Å². The number of rotatable bonds is 7. The van der Waals surface area contributed by atoms with E-state index < -0.39 is 5.91 Å². The number of aliphatic hydroxyl groups is 2. The fourth-order valence-electron chi connectivity index (χ4n) is 9.86.